The third-order valence-corrected chi connectivity index (χ3v) is 1.74. The summed E-state index contributed by atoms with van der Waals surface area (Å²) in [6.45, 7) is 2.54. The van der Waals surface area contributed by atoms with Gasteiger partial charge in [0.2, 0.25) is 5.56 Å². The van der Waals surface area contributed by atoms with Gasteiger partial charge < -0.3 is 15.4 Å². The van der Waals surface area contributed by atoms with Crippen molar-refractivity contribution in [1.82, 2.24) is 10.3 Å². The van der Waals surface area contributed by atoms with E-state index in [-0.39, 0.29) is 18.2 Å². The molecule has 0 aliphatic carbocycles. The van der Waals surface area contributed by atoms with Crippen LogP contribution in [0.3, 0.4) is 0 Å². The Bertz CT molecular complexity index is 308. The maximum absolute atomic E-state index is 10.9. The van der Waals surface area contributed by atoms with Gasteiger partial charge >= 0.3 is 0 Å². The lowest BCUT2D eigenvalue weighted by Gasteiger charge is -2.09. The minimum Gasteiger partial charge on any atom is -0.395 e. The highest BCUT2D eigenvalue weighted by molar-refractivity contribution is 5.03. The number of aliphatic hydroxyl groups excluding tert-OH is 1. The molecule has 0 amide bonds. The Balaban J connectivity index is 2.50. The van der Waals surface area contributed by atoms with Crippen LogP contribution in [0, 0.1) is 0 Å². The number of H-pyrrole nitrogens is 1. The first-order valence-electron chi connectivity index (χ1n) is 4.25. The van der Waals surface area contributed by atoms with Crippen molar-refractivity contribution in [2.45, 2.75) is 19.5 Å². The van der Waals surface area contributed by atoms with Gasteiger partial charge in [0.1, 0.15) is 0 Å². The van der Waals surface area contributed by atoms with Crippen LogP contribution < -0.4 is 10.9 Å². The van der Waals surface area contributed by atoms with Crippen molar-refractivity contribution in [1.29, 1.82) is 0 Å². The topological polar surface area (TPSA) is 65.1 Å². The molecule has 4 nitrogen and oxygen atoms in total. The molecule has 72 valence electrons. The van der Waals surface area contributed by atoms with Crippen LogP contribution in [0.1, 0.15) is 12.6 Å². The highest BCUT2D eigenvalue weighted by Crippen LogP contribution is 1.90. The van der Waals surface area contributed by atoms with Crippen LogP contribution in [0.4, 0.5) is 0 Å². The van der Waals surface area contributed by atoms with E-state index < -0.39 is 0 Å². The monoisotopic (exact) mass is 182 g/mol. The van der Waals surface area contributed by atoms with Gasteiger partial charge in [-0.1, -0.05) is 6.07 Å². The summed E-state index contributed by atoms with van der Waals surface area (Å²) in [7, 11) is 0. The lowest BCUT2D eigenvalue weighted by atomic mass is 10.3. The smallest absolute Gasteiger partial charge is 0.248 e. The molecule has 0 aliphatic rings. The maximum Gasteiger partial charge on any atom is 0.248 e. The molecule has 1 unspecified atom stereocenters. The average Bonchev–Trinajstić information content (AvgIpc) is 2.14. The zero-order valence-corrected chi connectivity index (χ0v) is 7.58. The Kier molecular flexibility index (Phi) is 3.67. The number of pyridine rings is 1. The van der Waals surface area contributed by atoms with E-state index in [4.69, 9.17) is 5.11 Å². The quantitative estimate of drug-likeness (QED) is 0.606. The molecule has 3 N–H and O–H groups in total. The summed E-state index contributed by atoms with van der Waals surface area (Å²) in [6, 6.07) is 5.06. The van der Waals surface area contributed by atoms with Crippen LogP contribution >= 0.6 is 0 Å². The van der Waals surface area contributed by atoms with Crippen LogP contribution in [-0.2, 0) is 6.54 Å². The van der Waals surface area contributed by atoms with Crippen molar-refractivity contribution in [3.8, 4) is 0 Å². The van der Waals surface area contributed by atoms with E-state index in [1.54, 1.807) is 6.07 Å². The molecule has 0 aromatic carbocycles. The maximum atomic E-state index is 10.9. The van der Waals surface area contributed by atoms with E-state index in [2.05, 4.69) is 10.3 Å². The largest absolute Gasteiger partial charge is 0.395 e. The molecule has 0 radical (unpaired) electrons. The van der Waals surface area contributed by atoms with Crippen molar-refractivity contribution in [2.24, 2.45) is 0 Å². The minimum absolute atomic E-state index is 0.0451. The van der Waals surface area contributed by atoms with Gasteiger partial charge in [-0.15, -0.1) is 0 Å². The molecular weight excluding hydrogens is 168 g/mol. The molecule has 1 rings (SSSR count). The standard InChI is InChI=1S/C9H14N2O2/c1-7(6-12)10-5-8-3-2-4-9(13)11-8/h2-4,7,10,12H,5-6H2,1H3,(H,11,13). The first kappa shape index (κ1) is 9.95. The number of hydrogen-bond acceptors (Lipinski definition) is 3. The number of aromatic amines is 1. The number of nitrogens with one attached hydrogen (secondary N) is 2. The molecule has 0 bridgehead atoms. The Hall–Kier alpha value is -1.13. The Morgan fingerprint density at radius 3 is 3.00 bits per heavy atom. The van der Waals surface area contributed by atoms with Crippen LogP contribution in [-0.4, -0.2) is 22.7 Å². The van der Waals surface area contributed by atoms with Gasteiger partial charge in [0, 0.05) is 24.3 Å². The summed E-state index contributed by atoms with van der Waals surface area (Å²) in [5, 5.41) is 11.8. The third-order valence-electron chi connectivity index (χ3n) is 1.74. The van der Waals surface area contributed by atoms with E-state index in [9.17, 15) is 4.79 Å². The summed E-state index contributed by atoms with van der Waals surface area (Å²) in [5.74, 6) is 0. The van der Waals surface area contributed by atoms with Gasteiger partial charge in [-0.2, -0.15) is 0 Å². The summed E-state index contributed by atoms with van der Waals surface area (Å²) in [6.07, 6.45) is 0. The van der Waals surface area contributed by atoms with Crippen molar-refractivity contribution in [2.75, 3.05) is 6.61 Å². The first-order valence-corrected chi connectivity index (χ1v) is 4.25. The molecule has 1 aromatic heterocycles. The first-order chi connectivity index (χ1) is 6.22. The normalized spacial score (nSPS) is 12.8. The second kappa shape index (κ2) is 4.79. The van der Waals surface area contributed by atoms with Crippen molar-refractivity contribution < 1.29 is 5.11 Å². The fourth-order valence-electron chi connectivity index (χ4n) is 0.945. The number of rotatable bonds is 4. The van der Waals surface area contributed by atoms with Gasteiger partial charge in [-0.3, -0.25) is 4.79 Å². The lowest BCUT2D eigenvalue weighted by molar-refractivity contribution is 0.250. The number of aliphatic hydroxyl groups is 1. The fraction of sp³-hybridized carbons (Fsp3) is 0.444. The van der Waals surface area contributed by atoms with E-state index in [1.165, 1.54) is 6.07 Å². The van der Waals surface area contributed by atoms with Crippen molar-refractivity contribution in [3.63, 3.8) is 0 Å². The highest BCUT2D eigenvalue weighted by atomic mass is 16.3. The minimum atomic E-state index is -0.101. The Morgan fingerprint density at radius 1 is 1.62 bits per heavy atom. The molecule has 1 heterocycles. The molecule has 0 aliphatic heterocycles. The van der Waals surface area contributed by atoms with Crippen LogP contribution in [0.5, 0.6) is 0 Å². The lowest BCUT2D eigenvalue weighted by Crippen LogP contribution is -2.29. The van der Waals surface area contributed by atoms with Gasteiger partial charge in [0.05, 0.1) is 6.61 Å². The second-order valence-corrected chi connectivity index (χ2v) is 3.00. The molecule has 0 fully saturated rings. The SMILES string of the molecule is CC(CO)NCc1cccc(=O)[nH]1. The van der Waals surface area contributed by atoms with Gasteiger partial charge in [0.15, 0.2) is 0 Å². The molecule has 1 aromatic rings. The molecule has 0 saturated heterocycles. The number of aromatic nitrogens is 1. The Morgan fingerprint density at radius 2 is 2.38 bits per heavy atom. The molecule has 4 heteroatoms. The summed E-state index contributed by atoms with van der Waals surface area (Å²) in [5.41, 5.74) is 0.726. The zero-order chi connectivity index (χ0) is 9.68. The van der Waals surface area contributed by atoms with Gasteiger partial charge in [0.25, 0.3) is 0 Å². The van der Waals surface area contributed by atoms with Crippen LogP contribution in [0.2, 0.25) is 0 Å². The van der Waals surface area contributed by atoms with E-state index in [0.717, 1.165) is 5.69 Å². The molecule has 1 atom stereocenters. The summed E-state index contributed by atoms with van der Waals surface area (Å²) in [4.78, 5) is 13.6. The van der Waals surface area contributed by atoms with Crippen molar-refractivity contribution >= 4 is 0 Å². The summed E-state index contributed by atoms with van der Waals surface area (Å²) < 4.78 is 0. The molecule has 13 heavy (non-hydrogen) atoms. The molecule has 0 spiro atoms. The predicted molar refractivity (Wildman–Crippen MR) is 50.5 cm³/mol. The average molecular weight is 182 g/mol. The fourth-order valence-corrected chi connectivity index (χ4v) is 0.945. The number of hydrogen-bond donors (Lipinski definition) is 3. The van der Waals surface area contributed by atoms with Crippen LogP contribution in [0.15, 0.2) is 23.0 Å². The molecular formula is C9H14N2O2. The van der Waals surface area contributed by atoms with E-state index in [0.29, 0.717) is 6.54 Å². The van der Waals surface area contributed by atoms with Crippen LogP contribution in [0.25, 0.3) is 0 Å². The van der Waals surface area contributed by atoms with Gasteiger partial charge in [-0.25, -0.2) is 0 Å². The molecule has 0 saturated carbocycles. The Labute approximate surface area is 76.6 Å². The van der Waals surface area contributed by atoms with E-state index in [1.807, 2.05) is 13.0 Å². The summed E-state index contributed by atoms with van der Waals surface area (Å²) >= 11 is 0. The second-order valence-electron chi connectivity index (χ2n) is 3.00. The van der Waals surface area contributed by atoms with Gasteiger partial charge in [-0.05, 0) is 13.0 Å². The van der Waals surface area contributed by atoms with E-state index >= 15 is 0 Å². The highest BCUT2D eigenvalue weighted by Gasteiger charge is 1.98. The van der Waals surface area contributed by atoms with Crippen molar-refractivity contribution in [3.05, 3.63) is 34.2 Å². The predicted octanol–water partition coefficient (Wildman–Crippen LogP) is -0.155. The third kappa shape index (κ3) is 3.40. The zero-order valence-electron chi connectivity index (χ0n) is 7.58.